The third-order valence-corrected chi connectivity index (χ3v) is 3.68. The average molecular weight is 281 g/mol. The van der Waals surface area contributed by atoms with E-state index in [2.05, 4.69) is 29.2 Å². The first kappa shape index (κ1) is 15.5. The van der Waals surface area contributed by atoms with Gasteiger partial charge < -0.3 is 4.90 Å². The zero-order chi connectivity index (χ0) is 15.1. The number of hydrogen-bond acceptors (Lipinski definition) is 2. The van der Waals surface area contributed by atoms with Crippen molar-refractivity contribution in [3.63, 3.8) is 0 Å². The maximum absolute atomic E-state index is 12.6. The van der Waals surface area contributed by atoms with Gasteiger partial charge in [0.2, 0.25) is 0 Å². The van der Waals surface area contributed by atoms with Gasteiger partial charge in [0.05, 0.1) is 0 Å². The van der Waals surface area contributed by atoms with E-state index in [0.29, 0.717) is 12.2 Å². The lowest BCUT2D eigenvalue weighted by Gasteiger charge is -2.18. The van der Waals surface area contributed by atoms with Gasteiger partial charge in [-0.05, 0) is 31.6 Å². The fraction of sp³-hybridized carbons (Fsp3) is 0.316. The van der Waals surface area contributed by atoms with Crippen LogP contribution in [0.5, 0.6) is 0 Å². The summed E-state index contributed by atoms with van der Waals surface area (Å²) in [6.45, 7) is 0.803. The first-order valence-corrected chi connectivity index (χ1v) is 7.43. The maximum atomic E-state index is 12.6. The number of ketones is 1. The fourth-order valence-electron chi connectivity index (χ4n) is 2.46. The number of carbonyl (C=O) groups is 1. The largest absolute Gasteiger partial charge is 0.309 e. The Morgan fingerprint density at radius 3 is 2.10 bits per heavy atom. The molecule has 2 aromatic rings. The van der Waals surface area contributed by atoms with Gasteiger partial charge in [0.25, 0.3) is 0 Å². The molecule has 0 heterocycles. The summed E-state index contributed by atoms with van der Waals surface area (Å²) >= 11 is 0. The molecule has 0 aliphatic rings. The van der Waals surface area contributed by atoms with Crippen LogP contribution in [0.25, 0.3) is 0 Å². The van der Waals surface area contributed by atoms with E-state index in [1.54, 1.807) is 0 Å². The number of rotatable bonds is 7. The van der Waals surface area contributed by atoms with Crippen molar-refractivity contribution in [2.75, 3.05) is 20.6 Å². The van der Waals surface area contributed by atoms with E-state index in [1.807, 2.05) is 50.5 Å². The van der Waals surface area contributed by atoms with Crippen LogP contribution >= 0.6 is 0 Å². The van der Waals surface area contributed by atoms with Crippen molar-refractivity contribution in [1.82, 2.24) is 4.90 Å². The van der Waals surface area contributed by atoms with E-state index in [-0.39, 0.29) is 5.92 Å². The minimum Gasteiger partial charge on any atom is -0.309 e. The lowest BCUT2D eigenvalue weighted by atomic mass is 9.87. The van der Waals surface area contributed by atoms with E-state index in [9.17, 15) is 4.79 Å². The summed E-state index contributed by atoms with van der Waals surface area (Å²) in [6.07, 6.45) is 1.37. The maximum Gasteiger partial charge on any atom is 0.141 e. The van der Waals surface area contributed by atoms with Gasteiger partial charge in [-0.25, -0.2) is 0 Å². The molecule has 0 saturated carbocycles. The molecule has 0 aromatic heterocycles. The summed E-state index contributed by atoms with van der Waals surface area (Å²) in [5.41, 5.74) is 2.33. The Morgan fingerprint density at radius 2 is 1.52 bits per heavy atom. The highest BCUT2D eigenvalue weighted by Crippen LogP contribution is 2.23. The normalized spacial score (nSPS) is 12.3. The van der Waals surface area contributed by atoms with Gasteiger partial charge >= 0.3 is 0 Å². The van der Waals surface area contributed by atoms with Gasteiger partial charge in [0, 0.05) is 18.9 Å². The predicted octanol–water partition coefficient (Wildman–Crippen LogP) is 3.53. The second-order valence-electron chi connectivity index (χ2n) is 5.67. The van der Waals surface area contributed by atoms with Crippen LogP contribution in [0.1, 0.15) is 23.5 Å². The second kappa shape index (κ2) is 7.75. The smallest absolute Gasteiger partial charge is 0.141 e. The van der Waals surface area contributed by atoms with Crippen molar-refractivity contribution in [1.29, 1.82) is 0 Å². The van der Waals surface area contributed by atoms with E-state index in [0.717, 1.165) is 18.5 Å². The first-order chi connectivity index (χ1) is 10.2. The third-order valence-electron chi connectivity index (χ3n) is 3.68. The molecule has 1 atom stereocenters. The summed E-state index contributed by atoms with van der Waals surface area (Å²) in [6, 6.07) is 20.4. The fourth-order valence-corrected chi connectivity index (χ4v) is 2.46. The molecular formula is C19H23NO. The van der Waals surface area contributed by atoms with Crippen LogP contribution in [0.4, 0.5) is 0 Å². The minimum atomic E-state index is -0.0476. The topological polar surface area (TPSA) is 20.3 Å². The highest BCUT2D eigenvalue weighted by molar-refractivity contribution is 5.86. The average Bonchev–Trinajstić information content (AvgIpc) is 2.52. The Hall–Kier alpha value is -1.93. The van der Waals surface area contributed by atoms with Crippen LogP contribution in [0.3, 0.4) is 0 Å². The molecule has 21 heavy (non-hydrogen) atoms. The highest BCUT2D eigenvalue weighted by Gasteiger charge is 2.20. The van der Waals surface area contributed by atoms with Crippen LogP contribution in [-0.2, 0) is 11.2 Å². The number of benzene rings is 2. The standard InChI is InChI=1S/C19H23NO/c1-20(2)14-13-19(21)18(17-11-7-4-8-12-17)15-16-9-5-3-6-10-16/h3-12,18H,13-15H2,1-2H3/t18-/m1/s1. The van der Waals surface area contributed by atoms with Gasteiger partial charge in [-0.1, -0.05) is 60.7 Å². The lowest BCUT2D eigenvalue weighted by molar-refractivity contribution is -0.120. The zero-order valence-electron chi connectivity index (χ0n) is 12.8. The molecule has 0 N–H and O–H groups in total. The molecule has 2 nitrogen and oxygen atoms in total. The number of nitrogens with zero attached hydrogens (tertiary/aromatic N) is 1. The van der Waals surface area contributed by atoms with E-state index >= 15 is 0 Å². The van der Waals surface area contributed by atoms with Crippen LogP contribution in [-0.4, -0.2) is 31.3 Å². The molecule has 0 saturated heterocycles. The van der Waals surface area contributed by atoms with E-state index in [1.165, 1.54) is 5.56 Å². The van der Waals surface area contributed by atoms with E-state index < -0.39 is 0 Å². The predicted molar refractivity (Wildman–Crippen MR) is 87.5 cm³/mol. The molecule has 0 spiro atoms. The van der Waals surface area contributed by atoms with Crippen molar-refractivity contribution in [3.8, 4) is 0 Å². The quantitative estimate of drug-likeness (QED) is 0.774. The van der Waals surface area contributed by atoms with Crippen LogP contribution in [0, 0.1) is 0 Å². The Bertz CT molecular complexity index is 548. The third kappa shape index (κ3) is 4.83. The SMILES string of the molecule is CN(C)CCC(=O)[C@H](Cc1ccccc1)c1ccccc1. The van der Waals surface area contributed by atoms with Crippen molar-refractivity contribution in [2.45, 2.75) is 18.8 Å². The van der Waals surface area contributed by atoms with Gasteiger partial charge in [0.15, 0.2) is 0 Å². The molecule has 0 fully saturated rings. The van der Waals surface area contributed by atoms with Crippen molar-refractivity contribution >= 4 is 5.78 Å². The van der Waals surface area contributed by atoms with Crippen LogP contribution < -0.4 is 0 Å². The summed E-state index contributed by atoms with van der Waals surface area (Å²) in [7, 11) is 4.00. The Morgan fingerprint density at radius 1 is 0.952 bits per heavy atom. The van der Waals surface area contributed by atoms with Crippen molar-refractivity contribution in [3.05, 3.63) is 71.8 Å². The summed E-state index contributed by atoms with van der Waals surface area (Å²) in [5, 5.41) is 0. The summed E-state index contributed by atoms with van der Waals surface area (Å²) < 4.78 is 0. The minimum absolute atomic E-state index is 0.0476. The van der Waals surface area contributed by atoms with Crippen LogP contribution in [0.15, 0.2) is 60.7 Å². The Kier molecular flexibility index (Phi) is 5.70. The number of Topliss-reactive ketones (excluding diaryl/α,β-unsaturated/α-hetero) is 1. The first-order valence-electron chi connectivity index (χ1n) is 7.43. The monoisotopic (exact) mass is 281 g/mol. The molecule has 0 aliphatic carbocycles. The molecule has 2 aromatic carbocycles. The molecule has 0 unspecified atom stereocenters. The Balaban J connectivity index is 2.16. The van der Waals surface area contributed by atoms with Gasteiger partial charge in [0.1, 0.15) is 5.78 Å². The molecule has 2 heteroatoms. The van der Waals surface area contributed by atoms with Gasteiger partial charge in [-0.3, -0.25) is 4.79 Å². The molecule has 2 rings (SSSR count). The van der Waals surface area contributed by atoms with Crippen molar-refractivity contribution in [2.24, 2.45) is 0 Å². The van der Waals surface area contributed by atoms with Gasteiger partial charge in [-0.15, -0.1) is 0 Å². The molecule has 0 radical (unpaired) electrons. The van der Waals surface area contributed by atoms with Gasteiger partial charge in [-0.2, -0.15) is 0 Å². The molecular weight excluding hydrogens is 258 g/mol. The Labute approximate surface area is 127 Å². The lowest BCUT2D eigenvalue weighted by Crippen LogP contribution is -2.22. The zero-order valence-corrected chi connectivity index (χ0v) is 12.8. The second-order valence-corrected chi connectivity index (χ2v) is 5.67. The summed E-state index contributed by atoms with van der Waals surface area (Å²) in [5.74, 6) is 0.271. The molecule has 0 amide bonds. The van der Waals surface area contributed by atoms with E-state index in [4.69, 9.17) is 0 Å². The number of hydrogen-bond donors (Lipinski definition) is 0. The molecule has 0 bridgehead atoms. The van der Waals surface area contributed by atoms with Crippen molar-refractivity contribution < 1.29 is 4.79 Å². The highest BCUT2D eigenvalue weighted by atomic mass is 16.1. The number of carbonyl (C=O) groups excluding carboxylic acids is 1. The molecule has 0 aliphatic heterocycles. The molecule has 110 valence electrons. The summed E-state index contributed by atoms with van der Waals surface area (Å²) in [4.78, 5) is 14.7. The van der Waals surface area contributed by atoms with Crippen LogP contribution in [0.2, 0.25) is 0 Å².